The lowest BCUT2D eigenvalue weighted by Gasteiger charge is -2.34. The molecule has 0 aliphatic carbocycles. The molecule has 4 atom stereocenters. The molecule has 0 unspecified atom stereocenters. The second kappa shape index (κ2) is 8.78. The van der Waals surface area contributed by atoms with Crippen molar-refractivity contribution in [3.8, 4) is 0 Å². The number of thioether (sulfide) groups is 2. The molecule has 1 aromatic rings. The number of hydrazine groups is 1. The smallest absolute Gasteiger partial charge is 0.253 e. The highest BCUT2D eigenvalue weighted by atomic mass is 32.2. The van der Waals surface area contributed by atoms with E-state index in [1.807, 2.05) is 0 Å². The van der Waals surface area contributed by atoms with Crippen molar-refractivity contribution < 1.29 is 23.7 Å². The zero-order valence-corrected chi connectivity index (χ0v) is 16.6. The Morgan fingerprint density at radius 3 is 2.35 bits per heavy atom. The largest absolute Gasteiger partial charge is 0.389 e. The molecule has 0 radical (unpaired) electrons. The molecule has 2 fully saturated rings. The maximum absolute atomic E-state index is 12.5. The van der Waals surface area contributed by atoms with Crippen molar-refractivity contribution in [3.05, 3.63) is 24.3 Å². The van der Waals surface area contributed by atoms with Crippen LogP contribution in [0.2, 0.25) is 0 Å². The first kappa shape index (κ1) is 20.4. The van der Waals surface area contributed by atoms with E-state index in [-0.39, 0.29) is 9.48 Å². The van der Waals surface area contributed by atoms with Gasteiger partial charge in [0.25, 0.3) is 10.0 Å². The molecule has 2 aliphatic heterocycles. The molecule has 0 spiro atoms. The van der Waals surface area contributed by atoms with Crippen LogP contribution in [0.1, 0.15) is 19.3 Å². The zero-order valence-electron chi connectivity index (χ0n) is 14.2. The fourth-order valence-corrected chi connectivity index (χ4v) is 6.69. The molecule has 2 heterocycles. The van der Waals surface area contributed by atoms with Crippen molar-refractivity contribution >= 4 is 33.5 Å². The lowest BCUT2D eigenvalue weighted by atomic mass is 10.1. The van der Waals surface area contributed by atoms with Crippen LogP contribution >= 0.6 is 23.5 Å². The van der Waals surface area contributed by atoms with Gasteiger partial charge in [0.2, 0.25) is 0 Å². The highest BCUT2D eigenvalue weighted by molar-refractivity contribution is 8.17. The van der Waals surface area contributed by atoms with Crippen molar-refractivity contribution in [1.82, 2.24) is 9.84 Å². The van der Waals surface area contributed by atoms with Gasteiger partial charge in [-0.25, -0.2) is 13.4 Å². The van der Waals surface area contributed by atoms with E-state index >= 15 is 0 Å². The Kier molecular flexibility index (Phi) is 6.89. The molecule has 2 saturated heterocycles. The Bertz CT molecular complexity index is 694. The Morgan fingerprint density at radius 2 is 1.69 bits per heavy atom. The summed E-state index contributed by atoms with van der Waals surface area (Å²) >= 11 is 2.73. The van der Waals surface area contributed by atoms with E-state index in [0.29, 0.717) is 5.75 Å². The number of hydrogen-bond acceptors (Lipinski definition) is 8. The second-order valence-corrected chi connectivity index (χ2v) is 10.8. The number of sulfonamides is 1. The molecule has 10 heteroatoms. The SMILES string of the molecule is O=S(=O)(NN1CCCCC1)c1ccc(S[C@@H]2SC[C@@H](O)[C@H](O)[C@H]2O)cc1. The molecule has 146 valence electrons. The first-order chi connectivity index (χ1) is 12.4. The maximum Gasteiger partial charge on any atom is 0.253 e. The van der Waals surface area contributed by atoms with Gasteiger partial charge in [-0.3, -0.25) is 0 Å². The van der Waals surface area contributed by atoms with Crippen LogP contribution in [-0.2, 0) is 10.0 Å². The fraction of sp³-hybridized carbons (Fsp3) is 0.625. The molecular weight excluding hydrogens is 396 g/mol. The summed E-state index contributed by atoms with van der Waals surface area (Å²) in [6.07, 6.45) is -0.0404. The van der Waals surface area contributed by atoms with Gasteiger partial charge in [-0.15, -0.1) is 28.4 Å². The summed E-state index contributed by atoms with van der Waals surface area (Å²) in [5.41, 5.74) is 0. The minimum Gasteiger partial charge on any atom is -0.389 e. The number of nitrogens with zero attached hydrogens (tertiary/aromatic N) is 1. The van der Waals surface area contributed by atoms with Gasteiger partial charge in [-0.1, -0.05) is 6.42 Å². The highest BCUT2D eigenvalue weighted by Crippen LogP contribution is 2.38. The minimum absolute atomic E-state index is 0.194. The highest BCUT2D eigenvalue weighted by Gasteiger charge is 2.37. The van der Waals surface area contributed by atoms with Crippen LogP contribution in [0.3, 0.4) is 0 Å². The summed E-state index contributed by atoms with van der Waals surface area (Å²) < 4.78 is 24.6. The van der Waals surface area contributed by atoms with Crippen LogP contribution in [0.4, 0.5) is 0 Å². The fourth-order valence-electron chi connectivity index (χ4n) is 2.92. The molecule has 2 aliphatic rings. The van der Waals surface area contributed by atoms with Gasteiger partial charge >= 0.3 is 0 Å². The van der Waals surface area contributed by atoms with E-state index < -0.39 is 28.3 Å². The number of aliphatic hydroxyl groups excluding tert-OH is 3. The number of rotatable bonds is 5. The summed E-state index contributed by atoms with van der Waals surface area (Å²) in [5.74, 6) is 0.349. The zero-order chi connectivity index (χ0) is 18.7. The first-order valence-electron chi connectivity index (χ1n) is 8.57. The number of aliphatic hydroxyl groups is 3. The van der Waals surface area contributed by atoms with E-state index in [1.165, 1.54) is 23.5 Å². The number of piperidine rings is 1. The maximum atomic E-state index is 12.5. The summed E-state index contributed by atoms with van der Waals surface area (Å²) in [6, 6.07) is 6.47. The summed E-state index contributed by atoms with van der Waals surface area (Å²) in [4.78, 5) is 3.61. The van der Waals surface area contributed by atoms with Crippen molar-refractivity contribution in [2.45, 2.75) is 51.9 Å². The molecule has 0 bridgehead atoms. The molecule has 0 aromatic heterocycles. The van der Waals surface area contributed by atoms with Gasteiger partial charge in [0.15, 0.2) is 0 Å². The van der Waals surface area contributed by atoms with Crippen LogP contribution in [0.5, 0.6) is 0 Å². The van der Waals surface area contributed by atoms with Crippen LogP contribution in [0, 0.1) is 0 Å². The van der Waals surface area contributed by atoms with Crippen molar-refractivity contribution in [2.75, 3.05) is 18.8 Å². The lowest BCUT2D eigenvalue weighted by molar-refractivity contribution is -0.0474. The third kappa shape index (κ3) is 4.93. The molecule has 4 N–H and O–H groups in total. The van der Waals surface area contributed by atoms with Gasteiger partial charge < -0.3 is 15.3 Å². The Hall–Kier alpha value is -0.330. The first-order valence-corrected chi connectivity index (χ1v) is 12.0. The van der Waals surface area contributed by atoms with E-state index in [4.69, 9.17) is 0 Å². The van der Waals surface area contributed by atoms with Crippen LogP contribution < -0.4 is 4.83 Å². The average Bonchev–Trinajstić information content (AvgIpc) is 2.63. The van der Waals surface area contributed by atoms with Gasteiger partial charge in [-0.2, -0.15) is 0 Å². The third-order valence-electron chi connectivity index (χ3n) is 4.45. The van der Waals surface area contributed by atoms with E-state index in [2.05, 4.69) is 4.83 Å². The molecule has 0 amide bonds. The number of benzene rings is 1. The van der Waals surface area contributed by atoms with E-state index in [0.717, 1.165) is 37.2 Å². The third-order valence-corrected chi connectivity index (χ3v) is 8.73. The topological polar surface area (TPSA) is 110 Å². The predicted molar refractivity (Wildman–Crippen MR) is 102 cm³/mol. The van der Waals surface area contributed by atoms with Crippen LogP contribution in [0.25, 0.3) is 0 Å². The van der Waals surface area contributed by atoms with Gasteiger partial charge in [0.05, 0.1) is 15.6 Å². The van der Waals surface area contributed by atoms with Gasteiger partial charge in [0.1, 0.15) is 12.2 Å². The number of hydrogen-bond donors (Lipinski definition) is 4. The Labute approximate surface area is 162 Å². The van der Waals surface area contributed by atoms with Crippen molar-refractivity contribution in [2.24, 2.45) is 0 Å². The van der Waals surface area contributed by atoms with Gasteiger partial charge in [-0.05, 0) is 37.1 Å². The minimum atomic E-state index is -3.60. The Balaban J connectivity index is 1.62. The molecule has 26 heavy (non-hydrogen) atoms. The molecule has 1 aromatic carbocycles. The number of nitrogens with one attached hydrogen (secondary N) is 1. The molecule has 3 rings (SSSR count). The van der Waals surface area contributed by atoms with E-state index in [1.54, 1.807) is 29.3 Å². The molecule has 7 nitrogen and oxygen atoms in total. The predicted octanol–water partition coefficient (Wildman–Crippen LogP) is 0.613. The van der Waals surface area contributed by atoms with Crippen LogP contribution in [-0.4, -0.2) is 70.5 Å². The van der Waals surface area contributed by atoms with Crippen LogP contribution in [0.15, 0.2) is 34.1 Å². The molecular formula is C16H24N2O5S3. The normalized spacial score (nSPS) is 31.0. The summed E-state index contributed by atoms with van der Waals surface area (Å²) in [5, 5.41) is 31.2. The monoisotopic (exact) mass is 420 g/mol. The van der Waals surface area contributed by atoms with E-state index in [9.17, 15) is 23.7 Å². The second-order valence-electron chi connectivity index (χ2n) is 6.48. The summed E-state index contributed by atoms with van der Waals surface area (Å²) in [7, 11) is -3.60. The van der Waals surface area contributed by atoms with Crippen molar-refractivity contribution in [1.29, 1.82) is 0 Å². The van der Waals surface area contributed by atoms with Gasteiger partial charge in [0, 0.05) is 23.7 Å². The summed E-state index contributed by atoms with van der Waals surface area (Å²) in [6.45, 7) is 1.44. The average molecular weight is 421 g/mol. The lowest BCUT2D eigenvalue weighted by Crippen LogP contribution is -2.47. The standard InChI is InChI=1S/C16H24N2O5S3/c19-13-10-24-16(15(21)14(13)20)25-11-4-6-12(7-5-11)26(22,23)17-18-8-2-1-3-9-18/h4-7,13-17,19-21H,1-3,8-10H2/t13-,14+,15-,16+/m1/s1. The molecule has 0 saturated carbocycles. The quantitative estimate of drug-likeness (QED) is 0.549. The Morgan fingerprint density at radius 1 is 1.04 bits per heavy atom. The van der Waals surface area contributed by atoms with Crippen molar-refractivity contribution in [3.63, 3.8) is 0 Å².